The second kappa shape index (κ2) is 10.9. The molecule has 4 rings (SSSR count). The average molecular weight is 490 g/mol. The molecule has 1 saturated heterocycles. The van der Waals surface area contributed by atoms with E-state index in [4.69, 9.17) is 32.7 Å². The van der Waals surface area contributed by atoms with E-state index >= 15 is 0 Å². The van der Waals surface area contributed by atoms with Gasteiger partial charge in [0.2, 0.25) is 0 Å². The molecule has 1 aliphatic carbocycles. The van der Waals surface area contributed by atoms with Crippen LogP contribution in [-0.2, 0) is 19.1 Å². The van der Waals surface area contributed by atoms with Gasteiger partial charge in [0, 0.05) is 16.6 Å². The largest absolute Gasteiger partial charge is 0.466 e. The zero-order chi connectivity index (χ0) is 23.4. The molecule has 2 aliphatic rings. The number of hydrogen-bond acceptors (Lipinski definition) is 4. The van der Waals surface area contributed by atoms with E-state index in [2.05, 4.69) is 0 Å². The lowest BCUT2D eigenvalue weighted by Crippen LogP contribution is -2.52. The Morgan fingerprint density at radius 2 is 1.85 bits per heavy atom. The fourth-order valence-corrected chi connectivity index (χ4v) is 4.54. The van der Waals surface area contributed by atoms with Gasteiger partial charge in [-0.05, 0) is 60.6 Å². The quantitative estimate of drug-likeness (QED) is 0.313. The van der Waals surface area contributed by atoms with E-state index in [1.807, 2.05) is 54.3 Å². The van der Waals surface area contributed by atoms with Crippen molar-refractivity contribution in [1.82, 2.24) is 4.90 Å². The second-order valence-electron chi connectivity index (χ2n) is 8.81. The minimum absolute atomic E-state index is 0.103. The van der Waals surface area contributed by atoms with E-state index < -0.39 is 18.2 Å². The van der Waals surface area contributed by atoms with Gasteiger partial charge in [0.1, 0.15) is 12.2 Å². The highest BCUT2D eigenvalue weighted by molar-refractivity contribution is 6.30. The summed E-state index contributed by atoms with van der Waals surface area (Å²) in [5.41, 5.74) is 1.79. The molecule has 1 heterocycles. The van der Waals surface area contributed by atoms with Gasteiger partial charge >= 0.3 is 5.97 Å². The van der Waals surface area contributed by atoms with Crippen LogP contribution in [0.4, 0.5) is 0 Å². The summed E-state index contributed by atoms with van der Waals surface area (Å²) >= 11 is 12.4. The van der Waals surface area contributed by atoms with Crippen molar-refractivity contribution in [2.45, 2.75) is 57.3 Å². The highest BCUT2D eigenvalue weighted by Gasteiger charge is 2.46. The van der Waals surface area contributed by atoms with E-state index in [9.17, 15) is 9.59 Å². The molecule has 2 fully saturated rings. The average Bonchev–Trinajstić information content (AvgIpc) is 3.61. The molecule has 33 heavy (non-hydrogen) atoms. The SMILES string of the molecule is CCCCOC(=O)C[C@H]1O[C@H](c2cccc(Cl)c2)[C@@H](c2ccc(Cl)cc2)N(CC2CC2)C1=O. The molecule has 2 aromatic carbocycles. The van der Waals surface area contributed by atoms with E-state index in [0.717, 1.165) is 36.8 Å². The molecule has 0 spiro atoms. The lowest BCUT2D eigenvalue weighted by Gasteiger charge is -2.45. The highest BCUT2D eigenvalue weighted by atomic mass is 35.5. The molecular weight excluding hydrogens is 461 g/mol. The Labute approximate surface area is 205 Å². The van der Waals surface area contributed by atoms with Crippen LogP contribution < -0.4 is 0 Å². The molecule has 1 amide bonds. The molecular formula is C26H29Cl2NO4. The van der Waals surface area contributed by atoms with Gasteiger partial charge < -0.3 is 14.4 Å². The maximum Gasteiger partial charge on any atom is 0.308 e. The normalized spacial score (nSPS) is 22.9. The number of benzene rings is 2. The van der Waals surface area contributed by atoms with Gasteiger partial charge in [0.15, 0.2) is 0 Å². The van der Waals surface area contributed by atoms with Crippen LogP contribution in [0.3, 0.4) is 0 Å². The van der Waals surface area contributed by atoms with Crippen molar-refractivity contribution in [2.24, 2.45) is 5.92 Å². The fourth-order valence-electron chi connectivity index (χ4n) is 4.21. The minimum Gasteiger partial charge on any atom is -0.466 e. The zero-order valence-electron chi connectivity index (χ0n) is 18.7. The van der Waals surface area contributed by atoms with E-state index in [0.29, 0.717) is 29.1 Å². The predicted octanol–water partition coefficient (Wildman–Crippen LogP) is 6.15. The van der Waals surface area contributed by atoms with Gasteiger partial charge in [0.05, 0.1) is 19.1 Å². The van der Waals surface area contributed by atoms with Crippen molar-refractivity contribution in [1.29, 1.82) is 0 Å². The first kappa shape index (κ1) is 24.1. The lowest BCUT2D eigenvalue weighted by molar-refractivity contribution is -0.180. The van der Waals surface area contributed by atoms with E-state index in [1.54, 1.807) is 6.07 Å². The molecule has 5 nitrogen and oxygen atoms in total. The van der Waals surface area contributed by atoms with Gasteiger partial charge in [-0.1, -0.05) is 60.8 Å². The third-order valence-electron chi connectivity index (χ3n) is 6.15. The third kappa shape index (κ3) is 6.08. The molecule has 0 N–H and O–H groups in total. The Bertz CT molecular complexity index is 977. The van der Waals surface area contributed by atoms with E-state index in [1.165, 1.54) is 0 Å². The number of amides is 1. The van der Waals surface area contributed by atoms with Crippen LogP contribution in [-0.4, -0.2) is 36.0 Å². The number of rotatable bonds is 9. The van der Waals surface area contributed by atoms with Gasteiger partial charge in [-0.3, -0.25) is 9.59 Å². The van der Waals surface area contributed by atoms with Crippen LogP contribution >= 0.6 is 23.2 Å². The summed E-state index contributed by atoms with van der Waals surface area (Å²) in [5, 5.41) is 1.22. The Balaban J connectivity index is 1.67. The first-order chi connectivity index (χ1) is 16.0. The monoisotopic (exact) mass is 489 g/mol. The molecule has 7 heteroatoms. The third-order valence-corrected chi connectivity index (χ3v) is 6.63. The molecule has 2 aromatic rings. The van der Waals surface area contributed by atoms with Crippen molar-refractivity contribution < 1.29 is 19.1 Å². The van der Waals surface area contributed by atoms with Crippen molar-refractivity contribution in [3.8, 4) is 0 Å². The molecule has 0 aromatic heterocycles. The number of ether oxygens (including phenoxy) is 2. The number of carbonyl (C=O) groups excluding carboxylic acids is 2. The summed E-state index contributed by atoms with van der Waals surface area (Å²) in [6, 6.07) is 14.6. The smallest absolute Gasteiger partial charge is 0.308 e. The van der Waals surface area contributed by atoms with Crippen LogP contribution in [0.15, 0.2) is 48.5 Å². The summed E-state index contributed by atoms with van der Waals surface area (Å²) < 4.78 is 11.7. The van der Waals surface area contributed by atoms with Crippen LogP contribution in [0.25, 0.3) is 0 Å². The molecule has 0 radical (unpaired) electrons. The highest BCUT2D eigenvalue weighted by Crippen LogP contribution is 2.45. The Morgan fingerprint density at radius 3 is 2.52 bits per heavy atom. The van der Waals surface area contributed by atoms with Crippen molar-refractivity contribution >= 4 is 35.1 Å². The summed E-state index contributed by atoms with van der Waals surface area (Å²) in [6.45, 7) is 3.02. The van der Waals surface area contributed by atoms with Gasteiger partial charge in [-0.25, -0.2) is 0 Å². The standard InChI is InChI=1S/C26H29Cl2NO4/c1-2-3-13-32-23(30)15-22-26(31)29(16-17-7-8-17)24(18-9-11-20(27)12-10-18)25(33-22)19-5-4-6-21(28)14-19/h4-6,9-12,14,17,22,24-25H,2-3,7-8,13,15-16H2,1H3/t22-,24-,25-/m1/s1. The van der Waals surface area contributed by atoms with Crippen molar-refractivity contribution in [3.05, 3.63) is 69.7 Å². The molecule has 176 valence electrons. The Morgan fingerprint density at radius 1 is 1.09 bits per heavy atom. The Kier molecular flexibility index (Phi) is 7.94. The molecule has 0 unspecified atom stereocenters. The van der Waals surface area contributed by atoms with Crippen LogP contribution in [0, 0.1) is 5.92 Å². The molecule has 0 bridgehead atoms. The van der Waals surface area contributed by atoms with Crippen LogP contribution in [0.5, 0.6) is 0 Å². The number of unbranched alkanes of at least 4 members (excludes halogenated alkanes) is 1. The van der Waals surface area contributed by atoms with Gasteiger partial charge in [-0.2, -0.15) is 0 Å². The maximum atomic E-state index is 13.6. The number of morpholine rings is 1. The van der Waals surface area contributed by atoms with E-state index in [-0.39, 0.29) is 18.4 Å². The summed E-state index contributed by atoms with van der Waals surface area (Å²) in [6.07, 6.45) is 2.45. The first-order valence-corrected chi connectivity index (χ1v) is 12.3. The van der Waals surface area contributed by atoms with Gasteiger partial charge in [-0.15, -0.1) is 0 Å². The Hall–Kier alpha value is -2.08. The molecule has 3 atom stereocenters. The topological polar surface area (TPSA) is 55.8 Å². The zero-order valence-corrected chi connectivity index (χ0v) is 20.2. The number of esters is 1. The summed E-state index contributed by atoms with van der Waals surface area (Å²) in [4.78, 5) is 27.9. The fraction of sp³-hybridized carbons (Fsp3) is 0.462. The number of carbonyl (C=O) groups is 2. The number of hydrogen-bond donors (Lipinski definition) is 0. The molecule has 1 saturated carbocycles. The number of nitrogens with zero attached hydrogens (tertiary/aromatic N) is 1. The molecule has 1 aliphatic heterocycles. The van der Waals surface area contributed by atoms with Gasteiger partial charge in [0.25, 0.3) is 5.91 Å². The summed E-state index contributed by atoms with van der Waals surface area (Å²) in [5.74, 6) is -0.116. The van der Waals surface area contributed by atoms with Crippen molar-refractivity contribution in [3.63, 3.8) is 0 Å². The van der Waals surface area contributed by atoms with Crippen LogP contribution in [0.2, 0.25) is 10.0 Å². The summed E-state index contributed by atoms with van der Waals surface area (Å²) in [7, 11) is 0. The first-order valence-electron chi connectivity index (χ1n) is 11.6. The minimum atomic E-state index is -0.898. The predicted molar refractivity (Wildman–Crippen MR) is 128 cm³/mol. The second-order valence-corrected chi connectivity index (χ2v) is 9.68. The lowest BCUT2D eigenvalue weighted by atomic mass is 9.91. The van der Waals surface area contributed by atoms with Crippen LogP contribution in [0.1, 0.15) is 62.3 Å². The maximum absolute atomic E-state index is 13.6. The van der Waals surface area contributed by atoms with Crippen molar-refractivity contribution in [2.75, 3.05) is 13.2 Å². The number of halogens is 2.